The highest BCUT2D eigenvalue weighted by Gasteiger charge is 2.30. The Balaban J connectivity index is 0.000000283. The minimum Gasteiger partial charge on any atom is -0.479 e. The monoisotopic (exact) mass is 576 g/mol. The summed E-state index contributed by atoms with van der Waals surface area (Å²) in [5, 5.41) is 24.9. The first kappa shape index (κ1) is 30.7. The third kappa shape index (κ3) is 6.45. The molecule has 0 spiro atoms. The second-order valence-corrected chi connectivity index (χ2v) is 12.4. The van der Waals surface area contributed by atoms with E-state index in [1.165, 1.54) is 66.8 Å². The van der Waals surface area contributed by atoms with E-state index in [9.17, 15) is 4.79 Å². The zero-order valence-electron chi connectivity index (χ0n) is 26.2. The van der Waals surface area contributed by atoms with Crippen molar-refractivity contribution in [3.63, 3.8) is 0 Å². The van der Waals surface area contributed by atoms with Crippen LogP contribution < -0.4 is 10.6 Å². The van der Waals surface area contributed by atoms with Gasteiger partial charge >= 0.3 is 5.97 Å². The summed E-state index contributed by atoms with van der Waals surface area (Å²) in [5.74, 6) is -0.378. The van der Waals surface area contributed by atoms with Gasteiger partial charge in [0.1, 0.15) is 0 Å². The number of hydrogen-bond donors (Lipinski definition) is 4. The molecule has 0 aromatic heterocycles. The molecule has 0 fully saturated rings. The lowest BCUT2D eigenvalue weighted by atomic mass is 9.76. The van der Waals surface area contributed by atoms with Crippen molar-refractivity contribution < 1.29 is 15.0 Å². The third-order valence-electron chi connectivity index (χ3n) is 9.00. The molecule has 0 saturated heterocycles. The number of carboxylic acids is 1. The maximum atomic E-state index is 10.2. The molecule has 4 N–H and O–H groups in total. The number of hydrogen-bond acceptors (Lipinski definition) is 4. The van der Waals surface area contributed by atoms with Crippen molar-refractivity contribution in [2.24, 2.45) is 0 Å². The molecule has 0 radical (unpaired) electrons. The van der Waals surface area contributed by atoms with Crippen LogP contribution in [0, 0.1) is 41.5 Å². The highest BCUT2D eigenvalue weighted by atomic mass is 16.4. The van der Waals surface area contributed by atoms with Crippen molar-refractivity contribution in [2.45, 2.75) is 72.6 Å². The summed E-state index contributed by atoms with van der Waals surface area (Å²) in [4.78, 5) is 10.2. The quantitative estimate of drug-likeness (QED) is 0.215. The normalized spacial score (nSPS) is 18.1. The fourth-order valence-corrected chi connectivity index (χ4v) is 7.38. The zero-order chi connectivity index (χ0) is 30.8. The van der Waals surface area contributed by atoms with Gasteiger partial charge in [-0.2, -0.15) is 0 Å². The number of aliphatic hydroxyl groups excluding tert-OH is 1. The third-order valence-corrected chi connectivity index (χ3v) is 9.00. The van der Waals surface area contributed by atoms with Gasteiger partial charge in [-0.25, -0.2) is 4.79 Å². The number of carbonyl (C=O) groups is 1. The average molecular weight is 577 g/mol. The standard InChI is InChI=1S/C30H36N2.C8H8O3/c1-17-7-19(3)29(20(4)8-17)27-15-31-13-23-12-26-24(11-25(23)27)14-32-16-28(26)30-21(5)9-18(2)10-22(30)6;9-7(8(10)11)6-4-2-1-3-5-6/h7-12,27-28,31-32H,13-16H2,1-6H3;1-5,7,9H,(H,10,11). The van der Waals surface area contributed by atoms with E-state index < -0.39 is 12.1 Å². The number of carboxylic acid groups (broad SMARTS) is 1. The Morgan fingerprint density at radius 1 is 0.674 bits per heavy atom. The summed E-state index contributed by atoms with van der Waals surface area (Å²) in [6.45, 7) is 17.5. The fraction of sp³-hybridized carbons (Fsp3) is 0.342. The Labute approximate surface area is 256 Å². The summed E-state index contributed by atoms with van der Waals surface area (Å²) in [6, 6.07) is 22.7. The predicted molar refractivity (Wildman–Crippen MR) is 174 cm³/mol. The van der Waals surface area contributed by atoms with Crippen LogP contribution in [0.4, 0.5) is 0 Å². The molecule has 0 bridgehead atoms. The van der Waals surface area contributed by atoms with Gasteiger partial charge in [0.15, 0.2) is 6.10 Å². The average Bonchev–Trinajstić information content (AvgIpc) is 2.96. The summed E-state index contributed by atoms with van der Waals surface area (Å²) in [7, 11) is 0. The van der Waals surface area contributed by atoms with Gasteiger partial charge in [-0.3, -0.25) is 0 Å². The molecule has 5 heteroatoms. The molecular weight excluding hydrogens is 532 g/mol. The number of aliphatic carboxylic acids is 1. The maximum absolute atomic E-state index is 10.2. The molecule has 224 valence electrons. The van der Waals surface area contributed by atoms with E-state index in [1.54, 1.807) is 30.3 Å². The van der Waals surface area contributed by atoms with Gasteiger partial charge in [-0.05, 0) is 103 Å². The van der Waals surface area contributed by atoms with Crippen LogP contribution in [0.3, 0.4) is 0 Å². The molecule has 4 aromatic carbocycles. The second kappa shape index (κ2) is 12.8. The van der Waals surface area contributed by atoms with Gasteiger partial charge < -0.3 is 20.8 Å². The Kier molecular flexibility index (Phi) is 9.16. The number of aryl methyl sites for hydroxylation is 6. The lowest BCUT2D eigenvalue weighted by molar-refractivity contribution is -0.146. The molecular formula is C38H44N2O3. The Morgan fingerprint density at radius 2 is 1.07 bits per heavy atom. The highest BCUT2D eigenvalue weighted by molar-refractivity contribution is 5.73. The van der Waals surface area contributed by atoms with Crippen molar-refractivity contribution in [2.75, 3.05) is 13.1 Å². The molecule has 43 heavy (non-hydrogen) atoms. The van der Waals surface area contributed by atoms with Crippen LogP contribution in [0.5, 0.6) is 0 Å². The second-order valence-electron chi connectivity index (χ2n) is 12.4. The van der Waals surface area contributed by atoms with Gasteiger partial charge in [0.05, 0.1) is 0 Å². The molecule has 0 saturated carbocycles. The largest absolute Gasteiger partial charge is 0.479 e. The van der Waals surface area contributed by atoms with Crippen LogP contribution >= 0.6 is 0 Å². The van der Waals surface area contributed by atoms with Gasteiger partial charge in [-0.1, -0.05) is 77.9 Å². The minimum atomic E-state index is -1.41. The fourth-order valence-electron chi connectivity index (χ4n) is 7.38. The van der Waals surface area contributed by atoms with E-state index >= 15 is 0 Å². The molecule has 4 aromatic rings. The Bertz CT molecular complexity index is 1500. The van der Waals surface area contributed by atoms with E-state index in [2.05, 4.69) is 88.6 Å². The smallest absolute Gasteiger partial charge is 0.337 e. The first-order chi connectivity index (χ1) is 20.5. The number of rotatable bonds is 4. The SMILES string of the molecule is Cc1cc(C)c(C2CNCc3cc4c(cc32)CNCC4c2c(C)cc(C)cc2C)c(C)c1.O=C(O)C(O)c1ccccc1. The van der Waals surface area contributed by atoms with Crippen LogP contribution in [0.1, 0.15) is 90.3 Å². The van der Waals surface area contributed by atoms with Crippen LogP contribution in [0.2, 0.25) is 0 Å². The highest BCUT2D eigenvalue weighted by Crippen LogP contribution is 2.40. The van der Waals surface area contributed by atoms with Crippen molar-refractivity contribution in [1.29, 1.82) is 0 Å². The Hall–Kier alpha value is -3.77. The van der Waals surface area contributed by atoms with Crippen molar-refractivity contribution in [1.82, 2.24) is 10.6 Å². The summed E-state index contributed by atoms with van der Waals surface area (Å²) in [6.07, 6.45) is -1.41. The van der Waals surface area contributed by atoms with E-state index in [1.807, 2.05) is 0 Å². The lowest BCUT2D eigenvalue weighted by Gasteiger charge is -2.34. The van der Waals surface area contributed by atoms with Gasteiger partial charge in [0.2, 0.25) is 0 Å². The molecule has 2 aliphatic heterocycles. The number of aliphatic hydroxyl groups is 1. The molecule has 0 aliphatic carbocycles. The van der Waals surface area contributed by atoms with Crippen LogP contribution in [-0.4, -0.2) is 29.3 Å². The predicted octanol–water partition coefficient (Wildman–Crippen LogP) is 6.81. The molecule has 3 unspecified atom stereocenters. The molecule has 3 atom stereocenters. The van der Waals surface area contributed by atoms with Gasteiger partial charge in [0, 0.05) is 38.0 Å². The lowest BCUT2D eigenvalue weighted by Crippen LogP contribution is -2.33. The van der Waals surface area contributed by atoms with Crippen molar-refractivity contribution in [3.05, 3.63) is 139 Å². The van der Waals surface area contributed by atoms with Crippen LogP contribution in [0.25, 0.3) is 0 Å². The first-order valence-corrected chi connectivity index (χ1v) is 15.2. The molecule has 6 rings (SSSR count). The maximum Gasteiger partial charge on any atom is 0.337 e. The van der Waals surface area contributed by atoms with Gasteiger partial charge in [-0.15, -0.1) is 0 Å². The summed E-state index contributed by atoms with van der Waals surface area (Å²) in [5.41, 5.74) is 17.8. The number of nitrogens with one attached hydrogen (secondary N) is 2. The van der Waals surface area contributed by atoms with Crippen LogP contribution in [0.15, 0.2) is 66.7 Å². The first-order valence-electron chi connectivity index (χ1n) is 15.2. The molecule has 2 heterocycles. The minimum absolute atomic E-state index is 0.403. The summed E-state index contributed by atoms with van der Waals surface area (Å²) >= 11 is 0. The van der Waals surface area contributed by atoms with E-state index in [4.69, 9.17) is 10.2 Å². The Morgan fingerprint density at radius 3 is 1.44 bits per heavy atom. The number of benzene rings is 4. The van der Waals surface area contributed by atoms with E-state index in [0.29, 0.717) is 17.4 Å². The molecule has 5 nitrogen and oxygen atoms in total. The summed E-state index contributed by atoms with van der Waals surface area (Å²) < 4.78 is 0. The van der Waals surface area contributed by atoms with E-state index in [0.717, 1.165) is 26.2 Å². The molecule has 0 amide bonds. The van der Waals surface area contributed by atoms with Crippen molar-refractivity contribution >= 4 is 5.97 Å². The molecule has 2 aliphatic rings. The van der Waals surface area contributed by atoms with Gasteiger partial charge in [0.25, 0.3) is 0 Å². The van der Waals surface area contributed by atoms with Crippen LogP contribution in [-0.2, 0) is 17.9 Å². The zero-order valence-corrected chi connectivity index (χ0v) is 26.2. The number of fused-ring (bicyclic) bond motifs is 2. The topological polar surface area (TPSA) is 81.6 Å². The van der Waals surface area contributed by atoms with Crippen molar-refractivity contribution in [3.8, 4) is 0 Å². The van der Waals surface area contributed by atoms with E-state index in [-0.39, 0.29) is 0 Å².